The van der Waals surface area contributed by atoms with Crippen molar-refractivity contribution in [2.24, 2.45) is 0 Å². The number of piperidine rings is 2. The Balaban J connectivity index is 0.926. The molecule has 45 heavy (non-hydrogen) atoms. The number of ether oxygens (including phenoxy) is 2. The van der Waals surface area contributed by atoms with Crippen molar-refractivity contribution < 1.29 is 23.8 Å². The summed E-state index contributed by atoms with van der Waals surface area (Å²) in [6.45, 7) is 3.19. The number of non-ortho nitro benzene ring substituents is 1. The van der Waals surface area contributed by atoms with Gasteiger partial charge in [-0.1, -0.05) is 69.1 Å². The summed E-state index contributed by atoms with van der Waals surface area (Å²) >= 11 is 0. The lowest BCUT2D eigenvalue weighted by Crippen LogP contribution is -2.54. The summed E-state index contributed by atoms with van der Waals surface area (Å²) in [5.41, 5.74) is 3.66. The fraction of sp³-hybridized carbons (Fsp3) is 0.629. The summed E-state index contributed by atoms with van der Waals surface area (Å²) < 4.78 is 16.2. The monoisotopic (exact) mass is 620 g/mol. The first-order valence-corrected chi connectivity index (χ1v) is 16.9. The van der Waals surface area contributed by atoms with Crippen LogP contribution in [0.2, 0.25) is 0 Å². The molecule has 3 aromatic rings. The van der Waals surface area contributed by atoms with Gasteiger partial charge in [0.1, 0.15) is 17.4 Å². The molecule has 3 heterocycles. The Morgan fingerprint density at radius 3 is 2.29 bits per heavy atom. The Kier molecular flexibility index (Phi) is 11.8. The molecule has 0 amide bonds. The summed E-state index contributed by atoms with van der Waals surface area (Å²) in [4.78, 5) is 26.3. The van der Waals surface area contributed by atoms with Crippen LogP contribution in [0.3, 0.4) is 0 Å². The number of unbranched alkanes of at least 4 members (excludes halogenated alkanes) is 8. The second kappa shape index (κ2) is 16.2. The van der Waals surface area contributed by atoms with Crippen molar-refractivity contribution in [3.05, 3.63) is 57.1 Å². The van der Waals surface area contributed by atoms with Gasteiger partial charge in [-0.25, -0.2) is 4.63 Å². The molecule has 0 aliphatic carbocycles. The van der Waals surface area contributed by atoms with Gasteiger partial charge in [0.05, 0.1) is 18.5 Å². The average molecular weight is 621 g/mol. The molecular formula is C35H48N4O6. The van der Waals surface area contributed by atoms with E-state index in [0.29, 0.717) is 17.6 Å². The zero-order chi connectivity index (χ0) is 31.6. The van der Waals surface area contributed by atoms with Gasteiger partial charge in [-0.15, -0.1) is 0 Å². The zero-order valence-electron chi connectivity index (χ0n) is 26.9. The van der Waals surface area contributed by atoms with Gasteiger partial charge < -0.3 is 9.47 Å². The van der Waals surface area contributed by atoms with E-state index in [1.165, 1.54) is 70.3 Å². The molecule has 0 radical (unpaired) electrons. The Morgan fingerprint density at radius 1 is 0.933 bits per heavy atom. The molecule has 2 aliphatic heterocycles. The molecule has 2 unspecified atom stereocenters. The van der Waals surface area contributed by atoms with Gasteiger partial charge in [0.25, 0.3) is 0 Å². The van der Waals surface area contributed by atoms with Crippen LogP contribution in [-0.2, 0) is 22.4 Å². The Labute approximate surface area is 265 Å². The van der Waals surface area contributed by atoms with Gasteiger partial charge in [0.15, 0.2) is 0 Å². The molecule has 244 valence electrons. The quantitative estimate of drug-likeness (QED) is 0.0647. The molecule has 2 atom stereocenters. The van der Waals surface area contributed by atoms with Gasteiger partial charge in [0, 0.05) is 36.6 Å². The number of aromatic nitrogens is 2. The van der Waals surface area contributed by atoms with Crippen LogP contribution in [0.15, 0.2) is 35.0 Å². The summed E-state index contributed by atoms with van der Waals surface area (Å²) in [6, 6.07) is 10.3. The minimum Gasteiger partial charge on any atom is -0.496 e. The second-order valence-corrected chi connectivity index (χ2v) is 12.9. The number of nitrogens with zero attached hydrogens (tertiary/aromatic N) is 4. The van der Waals surface area contributed by atoms with Crippen LogP contribution in [0.5, 0.6) is 5.75 Å². The molecule has 0 N–H and O–H groups in total. The smallest absolute Gasteiger partial charge is 0.310 e. The highest BCUT2D eigenvalue weighted by atomic mass is 16.6. The van der Waals surface area contributed by atoms with Crippen molar-refractivity contribution in [2.45, 2.75) is 128 Å². The predicted octanol–water partition coefficient (Wildman–Crippen LogP) is 7.67. The number of hydrogen-bond acceptors (Lipinski definition) is 9. The molecule has 2 aliphatic rings. The maximum Gasteiger partial charge on any atom is 0.310 e. The topological polar surface area (TPSA) is 121 Å². The number of carbonyl (C=O) groups excluding carboxylic acids is 1. The van der Waals surface area contributed by atoms with Crippen molar-refractivity contribution in [1.82, 2.24) is 15.2 Å². The third-order valence-electron chi connectivity index (χ3n) is 9.69. The van der Waals surface area contributed by atoms with Crippen molar-refractivity contribution in [3.63, 3.8) is 0 Å². The largest absolute Gasteiger partial charge is 0.496 e. The number of nitro groups is 1. The van der Waals surface area contributed by atoms with Crippen LogP contribution >= 0.6 is 0 Å². The Hall–Kier alpha value is -3.53. The molecule has 0 saturated carbocycles. The molecule has 2 saturated heterocycles. The van der Waals surface area contributed by atoms with Gasteiger partial charge in [-0.2, -0.15) is 0 Å². The number of carbonyl (C=O) groups is 1. The maximum atomic E-state index is 12.8. The highest BCUT2D eigenvalue weighted by molar-refractivity contribution is 5.85. The van der Waals surface area contributed by atoms with Crippen LogP contribution in [0, 0.1) is 17.0 Å². The van der Waals surface area contributed by atoms with Crippen LogP contribution in [0.4, 0.5) is 5.69 Å². The molecule has 0 spiro atoms. The molecule has 10 nitrogen and oxygen atoms in total. The molecule has 10 heteroatoms. The molecule has 2 fully saturated rings. The molecule has 1 aromatic heterocycles. The number of fused-ring (bicyclic) bond motifs is 3. The molecule has 5 rings (SSSR count). The summed E-state index contributed by atoms with van der Waals surface area (Å²) in [5.74, 6) is 0.597. The number of benzene rings is 2. The fourth-order valence-electron chi connectivity index (χ4n) is 7.42. The first kappa shape index (κ1) is 32.9. The lowest BCUT2D eigenvalue weighted by atomic mass is 9.82. The van der Waals surface area contributed by atoms with E-state index >= 15 is 0 Å². The standard InChI is InChI=1S/C35H48N4O6/c1-25-16-19-32(43-2)27(21-25)22-33(40)44-30-23-28-14-12-15-29(24-30)38(28)20-11-9-7-5-3-4-6-8-10-13-26-17-18-31(39(41)42)35-34(26)36-45-37-35/h16-19,21,28-30H,3-15,20,22-24H2,1-2H3. The first-order chi connectivity index (χ1) is 21.9. The van der Waals surface area contributed by atoms with E-state index < -0.39 is 4.92 Å². The van der Waals surface area contributed by atoms with E-state index in [0.717, 1.165) is 61.1 Å². The Bertz CT molecular complexity index is 1410. The van der Waals surface area contributed by atoms with E-state index in [9.17, 15) is 14.9 Å². The van der Waals surface area contributed by atoms with E-state index in [2.05, 4.69) is 15.2 Å². The lowest BCUT2D eigenvalue weighted by Gasteiger charge is -2.48. The highest BCUT2D eigenvalue weighted by Crippen LogP contribution is 2.36. The third kappa shape index (κ3) is 8.81. The second-order valence-electron chi connectivity index (χ2n) is 12.9. The normalized spacial score (nSPS) is 19.9. The Morgan fingerprint density at radius 2 is 1.60 bits per heavy atom. The number of methoxy groups -OCH3 is 1. The molecular weight excluding hydrogens is 572 g/mol. The third-order valence-corrected chi connectivity index (χ3v) is 9.69. The fourth-order valence-corrected chi connectivity index (χ4v) is 7.42. The van der Waals surface area contributed by atoms with Crippen molar-refractivity contribution >= 4 is 22.7 Å². The minimum absolute atomic E-state index is 0.0225. The van der Waals surface area contributed by atoms with E-state index in [-0.39, 0.29) is 29.7 Å². The van der Waals surface area contributed by atoms with Crippen LogP contribution in [0.25, 0.3) is 11.0 Å². The number of hydrogen-bond donors (Lipinski definition) is 0. The zero-order valence-corrected chi connectivity index (χ0v) is 26.9. The predicted molar refractivity (Wildman–Crippen MR) is 172 cm³/mol. The molecule has 2 aromatic carbocycles. The number of rotatable bonds is 17. The van der Waals surface area contributed by atoms with Gasteiger partial charge in [0.2, 0.25) is 5.52 Å². The minimum atomic E-state index is -0.447. The van der Waals surface area contributed by atoms with E-state index in [4.69, 9.17) is 14.1 Å². The van der Waals surface area contributed by atoms with Crippen LogP contribution in [0.1, 0.15) is 107 Å². The maximum absolute atomic E-state index is 12.8. The number of esters is 1. The highest BCUT2D eigenvalue weighted by Gasteiger charge is 2.39. The van der Waals surface area contributed by atoms with Gasteiger partial charge >= 0.3 is 11.7 Å². The van der Waals surface area contributed by atoms with Gasteiger partial charge in [-0.05, 0) is 73.6 Å². The first-order valence-electron chi connectivity index (χ1n) is 16.9. The van der Waals surface area contributed by atoms with E-state index in [1.807, 2.05) is 25.1 Å². The number of aryl methyl sites for hydroxylation is 2. The average Bonchev–Trinajstić information content (AvgIpc) is 3.50. The van der Waals surface area contributed by atoms with Crippen LogP contribution < -0.4 is 4.74 Å². The molecule has 2 bridgehead atoms. The SMILES string of the molecule is COc1ccc(C)cc1CC(=O)OC1CC2CCCC(C1)N2CCCCCCCCCCCc1ccc([N+](=O)[O-])c2nonc12. The summed E-state index contributed by atoms with van der Waals surface area (Å²) in [5, 5.41) is 18.8. The van der Waals surface area contributed by atoms with Crippen molar-refractivity contribution in [1.29, 1.82) is 0 Å². The van der Waals surface area contributed by atoms with Crippen LogP contribution in [-0.4, -0.2) is 57.9 Å². The lowest BCUT2D eigenvalue weighted by molar-refractivity contribution is -0.383. The van der Waals surface area contributed by atoms with Crippen molar-refractivity contribution in [2.75, 3.05) is 13.7 Å². The van der Waals surface area contributed by atoms with E-state index in [1.54, 1.807) is 13.2 Å². The van der Waals surface area contributed by atoms with Crippen molar-refractivity contribution in [3.8, 4) is 5.75 Å². The van der Waals surface area contributed by atoms with Gasteiger partial charge in [-0.3, -0.25) is 19.8 Å². The summed E-state index contributed by atoms with van der Waals surface area (Å²) in [7, 11) is 1.64. The summed E-state index contributed by atoms with van der Waals surface area (Å²) in [6.07, 6.45) is 17.7. The number of nitro benzene ring substituents is 1.